The molecule has 9 rings (SSSR count). The molecule has 0 unspecified atom stereocenters. The summed E-state index contributed by atoms with van der Waals surface area (Å²) in [5.74, 6) is 0. The number of H-pyrrole nitrogens is 4. The van der Waals surface area contributed by atoms with Crippen molar-refractivity contribution in [2.75, 3.05) is 0 Å². The molecule has 128 valence electrons. The maximum absolute atomic E-state index is 4.68. The number of aromatic amines is 4. The first-order chi connectivity index (χ1) is 13.9. The van der Waals surface area contributed by atoms with Crippen LogP contribution in [0, 0.1) is 0 Å². The molecular weight excluding hydrogens is 352 g/mol. The first-order valence-electron chi connectivity index (χ1n) is 9.08. The highest BCUT2D eigenvalue weighted by molar-refractivity contribution is 6.44. The zero-order chi connectivity index (χ0) is 17.7. The summed E-state index contributed by atoms with van der Waals surface area (Å²) in [6.45, 7) is 0. The monoisotopic (exact) mass is 360 g/mol. The lowest BCUT2D eigenvalue weighted by Crippen LogP contribution is -1.82. The van der Waals surface area contributed by atoms with E-state index in [2.05, 4.69) is 39.9 Å². The Kier molecular flexibility index (Phi) is 1.52. The van der Waals surface area contributed by atoms with Gasteiger partial charge in [0, 0.05) is 43.1 Å². The smallest absolute Gasteiger partial charge is 0.139 e. The fourth-order valence-corrected chi connectivity index (χ4v) is 5.33. The average molecular weight is 360 g/mol. The maximum Gasteiger partial charge on any atom is 0.139 e. The van der Waals surface area contributed by atoms with Crippen molar-refractivity contribution in [1.29, 1.82) is 0 Å². The molecule has 0 atom stereocenters. The molecular formula is C20H8N8. The molecule has 0 saturated carbocycles. The fourth-order valence-electron chi connectivity index (χ4n) is 5.33. The van der Waals surface area contributed by atoms with E-state index in [1.54, 1.807) is 0 Å². The quantitative estimate of drug-likeness (QED) is 0.326. The fraction of sp³-hybridized carbons (Fsp3) is 0. The molecule has 9 aromatic rings. The van der Waals surface area contributed by atoms with Crippen molar-refractivity contribution < 1.29 is 0 Å². The van der Waals surface area contributed by atoms with Crippen LogP contribution in [0.2, 0.25) is 0 Å². The molecule has 8 heteroatoms. The maximum atomic E-state index is 4.68. The molecule has 28 heavy (non-hydrogen) atoms. The zero-order valence-corrected chi connectivity index (χ0v) is 14.1. The summed E-state index contributed by atoms with van der Waals surface area (Å²) in [4.78, 5) is 32.6. The number of nitrogens with one attached hydrogen (secondary N) is 4. The van der Waals surface area contributed by atoms with Gasteiger partial charge in [-0.3, -0.25) is 0 Å². The SMILES string of the molecule is c1nc2[nH]c3cnc4[nH]c5cnc6[nH]c7cnc8[nH]c1c1c8c7c6c5c4c3c21. The Morgan fingerprint density at radius 2 is 0.607 bits per heavy atom. The van der Waals surface area contributed by atoms with E-state index in [0.717, 1.165) is 87.7 Å². The van der Waals surface area contributed by atoms with Crippen molar-refractivity contribution in [2.45, 2.75) is 0 Å². The van der Waals surface area contributed by atoms with Crippen molar-refractivity contribution in [1.82, 2.24) is 39.9 Å². The molecule has 0 aliphatic rings. The summed E-state index contributed by atoms with van der Waals surface area (Å²) in [6, 6.07) is 0. The highest BCUT2D eigenvalue weighted by Gasteiger charge is 2.25. The van der Waals surface area contributed by atoms with Crippen LogP contribution in [0.1, 0.15) is 0 Å². The lowest BCUT2D eigenvalue weighted by molar-refractivity contribution is 1.30. The Morgan fingerprint density at radius 1 is 0.357 bits per heavy atom. The van der Waals surface area contributed by atoms with Crippen LogP contribution in [0.25, 0.3) is 87.7 Å². The molecule has 4 N–H and O–H groups in total. The van der Waals surface area contributed by atoms with Gasteiger partial charge in [0.15, 0.2) is 0 Å². The van der Waals surface area contributed by atoms with Gasteiger partial charge in [-0.05, 0) is 0 Å². The molecule has 0 saturated heterocycles. The minimum absolute atomic E-state index is 0.869. The van der Waals surface area contributed by atoms with Crippen molar-refractivity contribution in [3.05, 3.63) is 24.8 Å². The number of hydrogen-bond donors (Lipinski definition) is 4. The largest absolute Gasteiger partial charge is 0.338 e. The van der Waals surface area contributed by atoms with E-state index in [4.69, 9.17) is 0 Å². The minimum Gasteiger partial charge on any atom is -0.338 e. The van der Waals surface area contributed by atoms with Crippen LogP contribution in [0.5, 0.6) is 0 Å². The Morgan fingerprint density at radius 3 is 0.857 bits per heavy atom. The molecule has 1 aromatic carbocycles. The third kappa shape index (κ3) is 1.03. The van der Waals surface area contributed by atoms with Crippen LogP contribution in [0.4, 0.5) is 0 Å². The summed E-state index contributed by atoms with van der Waals surface area (Å²) < 4.78 is 0. The number of rotatable bonds is 0. The molecule has 0 amide bonds. The summed E-state index contributed by atoms with van der Waals surface area (Å²) in [5.41, 5.74) is 7.43. The first-order valence-corrected chi connectivity index (χ1v) is 9.08. The first kappa shape index (κ1) is 12.2. The van der Waals surface area contributed by atoms with E-state index in [9.17, 15) is 0 Å². The molecule has 0 aliphatic heterocycles. The molecule has 8 aromatic heterocycles. The summed E-state index contributed by atoms with van der Waals surface area (Å²) in [5, 5.41) is 9.11. The van der Waals surface area contributed by atoms with Gasteiger partial charge in [0.25, 0.3) is 0 Å². The van der Waals surface area contributed by atoms with E-state index in [1.165, 1.54) is 0 Å². The summed E-state index contributed by atoms with van der Waals surface area (Å²) in [7, 11) is 0. The van der Waals surface area contributed by atoms with E-state index in [1.807, 2.05) is 24.8 Å². The predicted octanol–water partition coefficient (Wildman–Crippen LogP) is 4.12. The zero-order valence-electron chi connectivity index (χ0n) is 14.1. The number of aromatic nitrogens is 8. The standard InChI is InChI=1S/C20H8N8/c1-5-9-13-10-6(26-17(13)21-1)2-23-19-15(10)12-8(28-19)4-24-20-16(12)11-7(27-20)3-22-18(25-5)14(9)11/h1-4H,(H,21,26)(H,22,25)(H,23,28)(H,24,27). The second-order valence-electron chi connectivity index (χ2n) is 7.58. The number of hydrogen-bond acceptors (Lipinski definition) is 4. The van der Waals surface area contributed by atoms with Gasteiger partial charge in [-0.2, -0.15) is 0 Å². The Labute approximate surface area is 153 Å². The highest BCUT2D eigenvalue weighted by atomic mass is 14.9. The van der Waals surface area contributed by atoms with Gasteiger partial charge >= 0.3 is 0 Å². The van der Waals surface area contributed by atoms with E-state index in [0.29, 0.717) is 0 Å². The third-order valence-electron chi connectivity index (χ3n) is 6.33. The van der Waals surface area contributed by atoms with Crippen LogP contribution < -0.4 is 0 Å². The average Bonchev–Trinajstić information content (AvgIpc) is 3.42. The molecule has 8 heterocycles. The van der Waals surface area contributed by atoms with Crippen LogP contribution in [0.15, 0.2) is 24.8 Å². The number of pyridine rings is 4. The molecule has 0 radical (unpaired) electrons. The minimum atomic E-state index is 0.869. The van der Waals surface area contributed by atoms with Gasteiger partial charge in [0.1, 0.15) is 22.6 Å². The van der Waals surface area contributed by atoms with Crippen LogP contribution in [-0.2, 0) is 0 Å². The van der Waals surface area contributed by atoms with Crippen molar-refractivity contribution >= 4 is 87.7 Å². The summed E-state index contributed by atoms with van der Waals surface area (Å²) in [6.07, 6.45) is 7.53. The normalized spacial score (nSPS) is 13.7. The van der Waals surface area contributed by atoms with Gasteiger partial charge in [0.2, 0.25) is 0 Å². The Hall–Kier alpha value is -4.20. The molecule has 8 nitrogen and oxygen atoms in total. The van der Waals surface area contributed by atoms with Gasteiger partial charge in [0.05, 0.1) is 46.9 Å². The van der Waals surface area contributed by atoms with E-state index < -0.39 is 0 Å². The van der Waals surface area contributed by atoms with Crippen LogP contribution in [-0.4, -0.2) is 39.9 Å². The lowest BCUT2D eigenvalue weighted by Gasteiger charge is -2.03. The van der Waals surface area contributed by atoms with E-state index in [-0.39, 0.29) is 0 Å². The second-order valence-corrected chi connectivity index (χ2v) is 7.58. The second kappa shape index (κ2) is 3.48. The topological polar surface area (TPSA) is 115 Å². The molecule has 0 fully saturated rings. The Balaban J connectivity index is 1.93. The molecule has 0 aliphatic carbocycles. The molecule has 0 spiro atoms. The highest BCUT2D eigenvalue weighted by Crippen LogP contribution is 2.47. The Bertz CT molecular complexity index is 1560. The van der Waals surface area contributed by atoms with Crippen molar-refractivity contribution in [3.63, 3.8) is 0 Å². The molecule has 0 bridgehead atoms. The van der Waals surface area contributed by atoms with Crippen molar-refractivity contribution in [2.24, 2.45) is 0 Å². The van der Waals surface area contributed by atoms with Gasteiger partial charge < -0.3 is 19.9 Å². The van der Waals surface area contributed by atoms with Crippen LogP contribution >= 0.6 is 0 Å². The third-order valence-corrected chi connectivity index (χ3v) is 6.33. The van der Waals surface area contributed by atoms with Gasteiger partial charge in [-0.1, -0.05) is 0 Å². The van der Waals surface area contributed by atoms with E-state index >= 15 is 0 Å². The predicted molar refractivity (Wildman–Crippen MR) is 109 cm³/mol. The van der Waals surface area contributed by atoms with Crippen LogP contribution in [0.3, 0.4) is 0 Å². The number of nitrogens with zero attached hydrogens (tertiary/aromatic N) is 4. The summed E-state index contributed by atoms with van der Waals surface area (Å²) >= 11 is 0. The van der Waals surface area contributed by atoms with Gasteiger partial charge in [-0.25, -0.2) is 19.9 Å². The van der Waals surface area contributed by atoms with Crippen molar-refractivity contribution in [3.8, 4) is 0 Å². The lowest BCUT2D eigenvalue weighted by atomic mass is 9.98. The van der Waals surface area contributed by atoms with Gasteiger partial charge in [-0.15, -0.1) is 0 Å².